The number of esters is 1. The van der Waals surface area contributed by atoms with Gasteiger partial charge in [-0.1, -0.05) is 12.2 Å². The third kappa shape index (κ3) is 8.21. The molecule has 0 saturated heterocycles. The van der Waals surface area contributed by atoms with Crippen molar-refractivity contribution in [3.63, 3.8) is 0 Å². The van der Waals surface area contributed by atoms with Crippen molar-refractivity contribution in [3.8, 4) is 28.7 Å². The number of hydrogen-bond donors (Lipinski definition) is 3. The molecule has 2 atom stereocenters. The number of phenolic OH excluding ortho intramolecular Hbond substituents is 2. The number of nitrogens with one attached hydrogen (secondary N) is 1. The maximum atomic E-state index is 13.6. The van der Waals surface area contributed by atoms with E-state index in [1.807, 2.05) is 0 Å². The third-order valence-electron chi connectivity index (χ3n) is 7.92. The highest BCUT2D eigenvalue weighted by Crippen LogP contribution is 2.47. The summed E-state index contributed by atoms with van der Waals surface area (Å²) in [5.41, 5.74) is 0.490. The maximum Gasteiger partial charge on any atom is 0.342 e. The molecular formula is C35H41NO10. The number of carbonyl (C=O) groups excluding carboxylic acids is 3. The van der Waals surface area contributed by atoms with E-state index in [2.05, 4.69) is 5.32 Å². The van der Waals surface area contributed by atoms with Crippen LogP contribution in [0, 0.1) is 0 Å². The molecule has 0 bridgehead atoms. The van der Waals surface area contributed by atoms with Crippen LogP contribution in [-0.4, -0.2) is 55.3 Å². The van der Waals surface area contributed by atoms with E-state index in [0.717, 1.165) is 0 Å². The van der Waals surface area contributed by atoms with E-state index < -0.39 is 29.6 Å². The third-order valence-corrected chi connectivity index (χ3v) is 7.92. The summed E-state index contributed by atoms with van der Waals surface area (Å²) in [5, 5.41) is 26.1. The van der Waals surface area contributed by atoms with Gasteiger partial charge in [0.1, 0.15) is 28.6 Å². The van der Waals surface area contributed by atoms with Gasteiger partial charge in [-0.25, -0.2) is 4.79 Å². The molecule has 0 fully saturated rings. The number of hydrogen-bond acceptors (Lipinski definition) is 10. The van der Waals surface area contributed by atoms with Crippen LogP contribution < -0.4 is 19.5 Å². The summed E-state index contributed by atoms with van der Waals surface area (Å²) in [6.07, 6.45) is 7.21. The highest BCUT2D eigenvalue weighted by Gasteiger charge is 2.32. The number of Topliss-reactive ketones (excluding diaryl/α,β-unsaturated/α-hetero) is 1. The normalized spacial score (nSPS) is 17.2. The Labute approximate surface area is 268 Å². The Kier molecular flexibility index (Phi) is 11.7. The average Bonchev–Trinajstić information content (AvgIpc) is 3.55. The molecule has 46 heavy (non-hydrogen) atoms. The van der Waals surface area contributed by atoms with E-state index in [4.69, 9.17) is 23.4 Å². The van der Waals surface area contributed by atoms with Gasteiger partial charge in [0.25, 0.3) is 0 Å². The van der Waals surface area contributed by atoms with Crippen LogP contribution in [0.5, 0.6) is 28.7 Å². The monoisotopic (exact) mass is 635 g/mol. The minimum atomic E-state index is -0.982. The van der Waals surface area contributed by atoms with Gasteiger partial charge in [0, 0.05) is 30.7 Å². The van der Waals surface area contributed by atoms with Crippen molar-refractivity contribution in [2.24, 2.45) is 0 Å². The Balaban J connectivity index is 1.85. The minimum absolute atomic E-state index is 0.0501. The summed E-state index contributed by atoms with van der Waals surface area (Å²) in [6, 6.07) is 8.05. The summed E-state index contributed by atoms with van der Waals surface area (Å²) in [5.74, 6) is -1.43. The van der Waals surface area contributed by atoms with E-state index in [1.165, 1.54) is 33.7 Å². The second kappa shape index (κ2) is 15.9. The number of rotatable bonds is 9. The van der Waals surface area contributed by atoms with E-state index >= 15 is 0 Å². The molecule has 3 aromatic rings. The zero-order chi connectivity index (χ0) is 33.2. The summed E-state index contributed by atoms with van der Waals surface area (Å²) in [7, 11) is 4.36. The zero-order valence-electron chi connectivity index (χ0n) is 26.6. The number of methoxy groups -OCH3 is 3. The number of furan rings is 1. The van der Waals surface area contributed by atoms with Crippen molar-refractivity contribution in [2.75, 3.05) is 21.3 Å². The average molecular weight is 636 g/mol. The topological polar surface area (TPSA) is 154 Å². The van der Waals surface area contributed by atoms with Gasteiger partial charge in [0.05, 0.1) is 40.2 Å². The van der Waals surface area contributed by atoms with Crippen molar-refractivity contribution >= 4 is 23.7 Å². The second-order valence-corrected chi connectivity index (χ2v) is 11.1. The van der Waals surface area contributed by atoms with Crippen LogP contribution >= 0.6 is 0 Å². The fraction of sp³-hybridized carbons (Fsp3) is 0.400. The number of aromatic hydroxyl groups is 2. The van der Waals surface area contributed by atoms with E-state index in [-0.39, 0.29) is 41.2 Å². The van der Waals surface area contributed by atoms with Crippen molar-refractivity contribution in [2.45, 2.75) is 70.4 Å². The van der Waals surface area contributed by atoms with Gasteiger partial charge in [0.2, 0.25) is 11.7 Å². The molecule has 1 aromatic heterocycles. The predicted octanol–water partition coefficient (Wildman–Crippen LogP) is 6.04. The van der Waals surface area contributed by atoms with Crippen molar-refractivity contribution in [1.82, 2.24) is 5.32 Å². The van der Waals surface area contributed by atoms with Crippen LogP contribution in [0.4, 0.5) is 0 Å². The maximum absolute atomic E-state index is 13.6. The number of amides is 1. The summed E-state index contributed by atoms with van der Waals surface area (Å²) < 4.78 is 27.6. The van der Waals surface area contributed by atoms with Gasteiger partial charge < -0.3 is 38.9 Å². The first-order valence-corrected chi connectivity index (χ1v) is 15.2. The largest absolute Gasteiger partial charge is 0.507 e. The molecule has 1 aliphatic rings. The molecule has 1 aliphatic heterocycles. The summed E-state index contributed by atoms with van der Waals surface area (Å²) in [4.78, 5) is 39.1. The number of ketones is 1. The standard InChI is InChI=1S/C35H41NO10/c1-21-10-8-13-24(37)12-7-5-6-11-22-16-27(38)32(33(40)31(22)35(41)46-21)26(19-30(39)36-20-25-14-9-15-45-25)23-17-28(42-2)34(44-4)29(18-23)43-3/h6,9,11,14-18,21,26,38,40H,5,7-8,10,12-13,19-20H2,1-4H3,(H,36,39)/b11-6+/t21-,26?/m0/s1. The Morgan fingerprint density at radius 1 is 1.04 bits per heavy atom. The molecule has 246 valence electrons. The molecule has 0 radical (unpaired) electrons. The first kappa shape index (κ1) is 34.0. The fourth-order valence-corrected chi connectivity index (χ4v) is 5.56. The van der Waals surface area contributed by atoms with Gasteiger partial charge in [-0.05, 0) is 74.1 Å². The van der Waals surface area contributed by atoms with Crippen LogP contribution in [0.15, 0.2) is 47.1 Å². The zero-order valence-corrected chi connectivity index (χ0v) is 26.6. The molecule has 0 spiro atoms. The molecule has 2 heterocycles. The first-order chi connectivity index (χ1) is 22.2. The molecule has 2 aromatic carbocycles. The highest BCUT2D eigenvalue weighted by molar-refractivity contribution is 5.98. The van der Waals surface area contributed by atoms with Crippen LogP contribution in [0.1, 0.15) is 90.6 Å². The quantitative estimate of drug-likeness (QED) is 0.237. The van der Waals surface area contributed by atoms with Crippen molar-refractivity contribution in [3.05, 3.63) is 70.7 Å². The van der Waals surface area contributed by atoms with Gasteiger partial charge >= 0.3 is 5.97 Å². The van der Waals surface area contributed by atoms with E-state index in [1.54, 1.807) is 43.3 Å². The molecule has 1 unspecified atom stereocenters. The fourth-order valence-electron chi connectivity index (χ4n) is 5.56. The van der Waals surface area contributed by atoms with Gasteiger partial charge in [-0.2, -0.15) is 0 Å². The van der Waals surface area contributed by atoms with Crippen molar-refractivity contribution in [1.29, 1.82) is 0 Å². The second-order valence-electron chi connectivity index (χ2n) is 11.1. The molecule has 11 heteroatoms. The number of allylic oxidation sites excluding steroid dienone is 1. The molecule has 0 saturated carbocycles. The molecular weight excluding hydrogens is 594 g/mol. The van der Waals surface area contributed by atoms with Crippen molar-refractivity contribution < 1.29 is 48.0 Å². The van der Waals surface area contributed by atoms with Gasteiger partial charge in [0.15, 0.2) is 11.5 Å². The van der Waals surface area contributed by atoms with Gasteiger partial charge in [-0.15, -0.1) is 0 Å². The minimum Gasteiger partial charge on any atom is -0.507 e. The number of cyclic esters (lactones) is 1. The highest BCUT2D eigenvalue weighted by atomic mass is 16.5. The lowest BCUT2D eigenvalue weighted by molar-refractivity contribution is -0.121. The molecule has 1 amide bonds. The molecule has 0 aliphatic carbocycles. The smallest absolute Gasteiger partial charge is 0.342 e. The lowest BCUT2D eigenvalue weighted by Crippen LogP contribution is -2.25. The van der Waals surface area contributed by atoms with E-state index in [9.17, 15) is 24.6 Å². The first-order valence-electron chi connectivity index (χ1n) is 15.2. The van der Waals surface area contributed by atoms with Crippen LogP contribution in [0.2, 0.25) is 0 Å². The van der Waals surface area contributed by atoms with Crippen LogP contribution in [0.3, 0.4) is 0 Å². The van der Waals surface area contributed by atoms with Crippen LogP contribution in [-0.2, 0) is 20.9 Å². The molecule has 4 rings (SSSR count). The number of phenols is 2. The summed E-state index contributed by atoms with van der Waals surface area (Å²) in [6.45, 7) is 1.85. The molecule has 11 nitrogen and oxygen atoms in total. The Morgan fingerprint density at radius 2 is 1.76 bits per heavy atom. The number of benzene rings is 2. The van der Waals surface area contributed by atoms with E-state index in [0.29, 0.717) is 67.1 Å². The SMILES string of the molecule is COc1cc(C(CC(=O)NCc2ccco2)c2c(O)cc3c(c2O)C(=O)O[C@@H](C)CCCC(=O)CCC/C=C/3)cc(OC)c1OC. The number of fused-ring (bicyclic) bond motifs is 1. The number of ether oxygens (including phenoxy) is 4. The van der Waals surface area contributed by atoms with Gasteiger partial charge in [-0.3, -0.25) is 9.59 Å². The summed E-state index contributed by atoms with van der Waals surface area (Å²) >= 11 is 0. The predicted molar refractivity (Wildman–Crippen MR) is 170 cm³/mol. The lowest BCUT2D eigenvalue weighted by atomic mass is 9.84. The Hall–Kier alpha value is -4.93. The van der Waals surface area contributed by atoms with Crippen LogP contribution in [0.25, 0.3) is 6.08 Å². The lowest BCUT2D eigenvalue weighted by Gasteiger charge is -2.24. The Bertz CT molecular complexity index is 1530. The number of carbonyl (C=O) groups is 3. The molecule has 3 N–H and O–H groups in total. The Morgan fingerprint density at radius 3 is 2.41 bits per heavy atom.